The van der Waals surface area contributed by atoms with Gasteiger partial charge in [-0.2, -0.15) is 5.26 Å². The average Bonchev–Trinajstić information content (AvgIpc) is 2.50. The normalized spacial score (nSPS) is 11.4. The zero-order chi connectivity index (χ0) is 17.0. The van der Waals surface area contributed by atoms with Crippen LogP contribution in [0.5, 0.6) is 0 Å². The Morgan fingerprint density at radius 2 is 1.96 bits per heavy atom. The molecule has 7 heteroatoms. The molecule has 0 saturated heterocycles. The molecule has 4 nitrogen and oxygen atoms in total. The van der Waals surface area contributed by atoms with Crippen molar-refractivity contribution in [1.29, 1.82) is 5.26 Å². The quantitative estimate of drug-likeness (QED) is 0.478. The maximum Gasteiger partial charge on any atom is 0.270 e. The summed E-state index contributed by atoms with van der Waals surface area (Å²) in [6.07, 6.45) is 0. The van der Waals surface area contributed by atoms with Crippen molar-refractivity contribution in [2.75, 3.05) is 5.32 Å². The molecule has 2 N–H and O–H groups in total. The Labute approximate surface area is 138 Å². The van der Waals surface area contributed by atoms with Crippen LogP contribution in [-0.2, 0) is 4.79 Å². The summed E-state index contributed by atoms with van der Waals surface area (Å²) in [4.78, 5) is 12.1. The van der Waals surface area contributed by atoms with Crippen molar-refractivity contribution in [3.05, 3.63) is 69.7 Å². The fourth-order valence-corrected chi connectivity index (χ4v) is 2.17. The van der Waals surface area contributed by atoms with Crippen LogP contribution >= 0.6 is 15.9 Å². The minimum atomic E-state index is -1.00. The van der Waals surface area contributed by atoms with Gasteiger partial charge < -0.3 is 10.4 Å². The van der Waals surface area contributed by atoms with Crippen LogP contribution in [-0.4, -0.2) is 11.0 Å². The molecule has 23 heavy (non-hydrogen) atoms. The average molecular weight is 379 g/mol. The van der Waals surface area contributed by atoms with E-state index in [0.717, 1.165) is 12.1 Å². The van der Waals surface area contributed by atoms with Crippen LogP contribution in [0.4, 0.5) is 14.5 Å². The molecule has 0 heterocycles. The lowest BCUT2D eigenvalue weighted by Gasteiger charge is -2.08. The second-order valence-corrected chi connectivity index (χ2v) is 5.34. The first-order valence-corrected chi connectivity index (χ1v) is 7.07. The molecule has 1 amide bonds. The van der Waals surface area contributed by atoms with Crippen molar-refractivity contribution in [2.45, 2.75) is 0 Å². The molecule has 0 atom stereocenters. The van der Waals surface area contributed by atoms with E-state index in [1.807, 2.05) is 0 Å². The number of anilines is 1. The fraction of sp³-hybridized carbons (Fsp3) is 0. The number of aliphatic hydroxyl groups excluding tert-OH is 1. The number of amides is 1. The van der Waals surface area contributed by atoms with Gasteiger partial charge in [0.2, 0.25) is 0 Å². The second kappa shape index (κ2) is 7.03. The highest BCUT2D eigenvalue weighted by Crippen LogP contribution is 2.22. The zero-order valence-corrected chi connectivity index (χ0v) is 13.1. The van der Waals surface area contributed by atoms with Gasteiger partial charge in [-0.15, -0.1) is 0 Å². The molecule has 2 aromatic rings. The third kappa shape index (κ3) is 3.93. The van der Waals surface area contributed by atoms with Gasteiger partial charge in [-0.3, -0.25) is 4.79 Å². The molecule has 0 fully saturated rings. The lowest BCUT2D eigenvalue weighted by molar-refractivity contribution is -0.112. The summed E-state index contributed by atoms with van der Waals surface area (Å²) in [7, 11) is 0. The lowest BCUT2D eigenvalue weighted by Crippen LogP contribution is -2.16. The first-order chi connectivity index (χ1) is 10.9. The minimum absolute atomic E-state index is 0.241. The third-order valence-corrected chi connectivity index (χ3v) is 3.35. The molecular formula is C16H9BrF2N2O2. The van der Waals surface area contributed by atoms with E-state index in [4.69, 9.17) is 5.26 Å². The third-order valence-electron chi connectivity index (χ3n) is 2.85. The van der Waals surface area contributed by atoms with E-state index in [0.29, 0.717) is 10.5 Å². The van der Waals surface area contributed by atoms with Crippen LogP contribution in [0.15, 0.2) is 52.5 Å². The van der Waals surface area contributed by atoms with Crippen molar-refractivity contribution in [2.24, 2.45) is 0 Å². The highest BCUT2D eigenvalue weighted by atomic mass is 79.9. The van der Waals surface area contributed by atoms with E-state index in [1.54, 1.807) is 18.2 Å². The summed E-state index contributed by atoms with van der Waals surface area (Å²) in [5, 5.41) is 21.3. The number of hydrogen-bond donors (Lipinski definition) is 2. The summed E-state index contributed by atoms with van der Waals surface area (Å²) < 4.78 is 27.0. The molecule has 0 unspecified atom stereocenters. The Balaban J connectivity index is 2.35. The number of carbonyl (C=O) groups is 1. The molecule has 0 bridgehead atoms. The Kier molecular flexibility index (Phi) is 5.09. The first kappa shape index (κ1) is 16.6. The molecule has 0 aliphatic heterocycles. The molecule has 2 rings (SSSR count). The van der Waals surface area contributed by atoms with Crippen LogP contribution in [0.25, 0.3) is 5.76 Å². The van der Waals surface area contributed by atoms with Gasteiger partial charge in [-0.1, -0.05) is 28.1 Å². The number of benzene rings is 2. The van der Waals surface area contributed by atoms with Gasteiger partial charge in [-0.25, -0.2) is 8.78 Å². The van der Waals surface area contributed by atoms with Crippen molar-refractivity contribution >= 4 is 33.3 Å². The van der Waals surface area contributed by atoms with Crippen molar-refractivity contribution in [1.82, 2.24) is 0 Å². The number of nitrogens with one attached hydrogen (secondary N) is 1. The van der Waals surface area contributed by atoms with E-state index in [1.165, 1.54) is 12.1 Å². The van der Waals surface area contributed by atoms with Crippen LogP contribution in [0, 0.1) is 23.0 Å². The summed E-state index contributed by atoms with van der Waals surface area (Å²) in [6, 6.07) is 10.5. The predicted molar refractivity (Wildman–Crippen MR) is 84.3 cm³/mol. The number of nitrogens with zero attached hydrogens (tertiary/aromatic N) is 1. The standard InChI is InChI=1S/C16H9BrF2N2O2/c17-10-3-1-2-9(6-10)15(22)12(8-20)16(23)21-14-5-4-11(18)7-13(14)19/h1-7,22H,(H,21,23). The summed E-state index contributed by atoms with van der Waals surface area (Å²) in [5.74, 6) is -3.34. The van der Waals surface area contributed by atoms with E-state index in [-0.39, 0.29) is 11.3 Å². The van der Waals surface area contributed by atoms with Crippen molar-refractivity contribution in [3.8, 4) is 6.07 Å². The topological polar surface area (TPSA) is 73.1 Å². The lowest BCUT2D eigenvalue weighted by atomic mass is 10.1. The molecule has 0 aliphatic carbocycles. The van der Waals surface area contributed by atoms with Gasteiger partial charge >= 0.3 is 0 Å². The van der Waals surface area contributed by atoms with Gasteiger partial charge in [0.25, 0.3) is 5.91 Å². The number of aliphatic hydroxyl groups is 1. The SMILES string of the molecule is N#CC(C(=O)Nc1ccc(F)cc1F)=C(O)c1cccc(Br)c1. The fourth-order valence-electron chi connectivity index (χ4n) is 1.77. The smallest absolute Gasteiger partial charge is 0.270 e. The molecule has 0 aliphatic rings. The van der Waals surface area contributed by atoms with Gasteiger partial charge in [0.15, 0.2) is 5.57 Å². The number of rotatable bonds is 3. The first-order valence-electron chi connectivity index (χ1n) is 6.28. The number of hydrogen-bond acceptors (Lipinski definition) is 3. The molecule has 2 aromatic carbocycles. The molecule has 0 aromatic heterocycles. The van der Waals surface area contributed by atoms with Crippen LogP contribution < -0.4 is 5.32 Å². The predicted octanol–water partition coefficient (Wildman–Crippen LogP) is 4.16. The van der Waals surface area contributed by atoms with Crippen molar-refractivity contribution in [3.63, 3.8) is 0 Å². The Hall–Kier alpha value is -2.72. The van der Waals surface area contributed by atoms with Gasteiger partial charge in [-0.05, 0) is 24.3 Å². The Bertz CT molecular complexity index is 844. The van der Waals surface area contributed by atoms with Gasteiger partial charge in [0.1, 0.15) is 23.5 Å². The maximum absolute atomic E-state index is 13.5. The largest absolute Gasteiger partial charge is 0.506 e. The summed E-state index contributed by atoms with van der Waals surface area (Å²) in [6.45, 7) is 0. The molecular weight excluding hydrogens is 370 g/mol. The van der Waals surface area contributed by atoms with Gasteiger partial charge in [0, 0.05) is 16.1 Å². The molecule has 116 valence electrons. The van der Waals surface area contributed by atoms with E-state index in [2.05, 4.69) is 21.2 Å². The van der Waals surface area contributed by atoms with Crippen molar-refractivity contribution < 1.29 is 18.7 Å². The minimum Gasteiger partial charge on any atom is -0.506 e. The van der Waals surface area contributed by atoms with Crippen LogP contribution in [0.2, 0.25) is 0 Å². The van der Waals surface area contributed by atoms with E-state index >= 15 is 0 Å². The highest BCUT2D eigenvalue weighted by molar-refractivity contribution is 9.10. The number of carbonyl (C=O) groups excluding carboxylic acids is 1. The number of halogens is 3. The summed E-state index contributed by atoms with van der Waals surface area (Å²) in [5.41, 5.74) is -0.649. The summed E-state index contributed by atoms with van der Waals surface area (Å²) >= 11 is 3.21. The molecule has 0 spiro atoms. The second-order valence-electron chi connectivity index (χ2n) is 4.42. The van der Waals surface area contributed by atoms with Crippen LogP contribution in [0.1, 0.15) is 5.56 Å². The van der Waals surface area contributed by atoms with Gasteiger partial charge in [0.05, 0.1) is 5.69 Å². The molecule has 0 saturated carbocycles. The van der Waals surface area contributed by atoms with Crippen LogP contribution in [0.3, 0.4) is 0 Å². The zero-order valence-electron chi connectivity index (χ0n) is 11.5. The monoisotopic (exact) mass is 378 g/mol. The Morgan fingerprint density at radius 1 is 1.22 bits per heavy atom. The maximum atomic E-state index is 13.5. The Morgan fingerprint density at radius 3 is 2.57 bits per heavy atom. The highest BCUT2D eigenvalue weighted by Gasteiger charge is 2.18. The number of nitriles is 1. The molecule has 0 radical (unpaired) electrons. The van der Waals surface area contributed by atoms with E-state index < -0.39 is 28.9 Å². The van der Waals surface area contributed by atoms with E-state index in [9.17, 15) is 18.7 Å².